The standard InChI is InChI=1S/C14H18N2O3/c15-6-13-7-16(3-4-19-13)14(17)10-1-2-11-8-18-9-12(11)5-10/h1-2,5,13H,3-4,6-9,15H2. The second kappa shape index (κ2) is 5.28. The van der Waals surface area contributed by atoms with Crippen LogP contribution in [0, 0.1) is 0 Å². The average molecular weight is 262 g/mol. The van der Waals surface area contributed by atoms with E-state index in [4.69, 9.17) is 15.2 Å². The van der Waals surface area contributed by atoms with E-state index in [1.165, 1.54) is 5.56 Å². The first kappa shape index (κ1) is 12.6. The average Bonchev–Trinajstić information content (AvgIpc) is 2.94. The molecule has 0 spiro atoms. The van der Waals surface area contributed by atoms with E-state index in [0.29, 0.717) is 39.5 Å². The Labute approximate surface area is 112 Å². The van der Waals surface area contributed by atoms with Gasteiger partial charge in [-0.05, 0) is 23.3 Å². The van der Waals surface area contributed by atoms with Gasteiger partial charge in [-0.2, -0.15) is 0 Å². The Bertz CT molecular complexity index is 490. The molecule has 0 aromatic heterocycles. The van der Waals surface area contributed by atoms with Crippen LogP contribution in [-0.2, 0) is 22.7 Å². The molecule has 0 radical (unpaired) electrons. The predicted octanol–water partition coefficient (Wildman–Crippen LogP) is 0.516. The van der Waals surface area contributed by atoms with Crippen molar-refractivity contribution in [1.29, 1.82) is 0 Å². The zero-order valence-corrected chi connectivity index (χ0v) is 10.8. The molecular formula is C14H18N2O3. The van der Waals surface area contributed by atoms with E-state index in [-0.39, 0.29) is 12.0 Å². The fourth-order valence-electron chi connectivity index (χ4n) is 2.53. The lowest BCUT2D eigenvalue weighted by molar-refractivity contribution is -0.0167. The first-order chi connectivity index (χ1) is 9.28. The molecule has 1 aromatic carbocycles. The van der Waals surface area contributed by atoms with Gasteiger partial charge in [0.2, 0.25) is 0 Å². The maximum atomic E-state index is 12.4. The molecule has 3 rings (SSSR count). The highest BCUT2D eigenvalue weighted by Crippen LogP contribution is 2.22. The number of carbonyl (C=O) groups is 1. The highest BCUT2D eigenvalue weighted by molar-refractivity contribution is 5.94. The number of amides is 1. The SMILES string of the molecule is NCC1CN(C(=O)c2ccc3c(c2)COC3)CCO1. The predicted molar refractivity (Wildman–Crippen MR) is 69.6 cm³/mol. The Morgan fingerprint density at radius 2 is 2.21 bits per heavy atom. The van der Waals surface area contributed by atoms with Crippen LogP contribution in [0.25, 0.3) is 0 Å². The maximum Gasteiger partial charge on any atom is 0.254 e. The summed E-state index contributed by atoms with van der Waals surface area (Å²) in [6.07, 6.45) is -0.0459. The molecule has 1 saturated heterocycles. The van der Waals surface area contributed by atoms with E-state index in [1.54, 1.807) is 0 Å². The Balaban J connectivity index is 1.76. The van der Waals surface area contributed by atoms with Gasteiger partial charge in [-0.25, -0.2) is 0 Å². The zero-order valence-electron chi connectivity index (χ0n) is 10.8. The number of nitrogens with two attached hydrogens (primary N) is 1. The molecule has 0 aliphatic carbocycles. The minimum Gasteiger partial charge on any atom is -0.373 e. The van der Waals surface area contributed by atoms with Crippen molar-refractivity contribution in [3.05, 3.63) is 34.9 Å². The number of ether oxygens (including phenoxy) is 2. The summed E-state index contributed by atoms with van der Waals surface area (Å²) in [6.45, 7) is 3.46. The Hall–Kier alpha value is -1.43. The van der Waals surface area contributed by atoms with Crippen LogP contribution in [0.3, 0.4) is 0 Å². The Morgan fingerprint density at radius 3 is 3.05 bits per heavy atom. The van der Waals surface area contributed by atoms with Crippen LogP contribution in [0.4, 0.5) is 0 Å². The zero-order chi connectivity index (χ0) is 13.2. The monoisotopic (exact) mass is 262 g/mol. The third-order valence-electron chi connectivity index (χ3n) is 3.66. The summed E-state index contributed by atoms with van der Waals surface area (Å²) in [4.78, 5) is 14.3. The number of morpholine rings is 1. The molecule has 1 fully saturated rings. The molecule has 2 aliphatic heterocycles. The molecule has 1 atom stereocenters. The van der Waals surface area contributed by atoms with Crippen molar-refractivity contribution in [1.82, 2.24) is 4.90 Å². The van der Waals surface area contributed by atoms with Crippen molar-refractivity contribution in [2.75, 3.05) is 26.2 Å². The summed E-state index contributed by atoms with van der Waals surface area (Å²) in [6, 6.07) is 5.80. The molecular weight excluding hydrogens is 244 g/mol. The number of nitrogens with zero attached hydrogens (tertiary/aromatic N) is 1. The summed E-state index contributed by atoms with van der Waals surface area (Å²) >= 11 is 0. The molecule has 5 heteroatoms. The molecule has 102 valence electrons. The summed E-state index contributed by atoms with van der Waals surface area (Å²) in [5, 5.41) is 0. The second-order valence-electron chi connectivity index (χ2n) is 4.96. The van der Waals surface area contributed by atoms with Crippen LogP contribution >= 0.6 is 0 Å². The fraction of sp³-hybridized carbons (Fsp3) is 0.500. The van der Waals surface area contributed by atoms with Crippen LogP contribution in [-0.4, -0.2) is 43.2 Å². The molecule has 1 amide bonds. The first-order valence-corrected chi connectivity index (χ1v) is 6.58. The van der Waals surface area contributed by atoms with Crippen molar-refractivity contribution in [3.8, 4) is 0 Å². The highest BCUT2D eigenvalue weighted by atomic mass is 16.5. The molecule has 1 aromatic rings. The summed E-state index contributed by atoms with van der Waals surface area (Å²) in [7, 11) is 0. The highest BCUT2D eigenvalue weighted by Gasteiger charge is 2.25. The van der Waals surface area contributed by atoms with Gasteiger partial charge in [0.15, 0.2) is 0 Å². The van der Waals surface area contributed by atoms with Crippen LogP contribution in [0.15, 0.2) is 18.2 Å². The van der Waals surface area contributed by atoms with Gasteiger partial charge in [0.1, 0.15) is 0 Å². The van der Waals surface area contributed by atoms with Crippen molar-refractivity contribution in [3.63, 3.8) is 0 Å². The van der Waals surface area contributed by atoms with Gasteiger partial charge in [0.05, 0.1) is 25.9 Å². The summed E-state index contributed by atoms with van der Waals surface area (Å²) < 4.78 is 10.8. The molecule has 1 unspecified atom stereocenters. The van der Waals surface area contributed by atoms with Gasteiger partial charge < -0.3 is 20.1 Å². The van der Waals surface area contributed by atoms with Gasteiger partial charge in [-0.3, -0.25) is 4.79 Å². The van der Waals surface area contributed by atoms with E-state index >= 15 is 0 Å². The van der Waals surface area contributed by atoms with Gasteiger partial charge in [0.25, 0.3) is 5.91 Å². The summed E-state index contributed by atoms with van der Waals surface area (Å²) in [5.41, 5.74) is 8.62. The van der Waals surface area contributed by atoms with E-state index < -0.39 is 0 Å². The van der Waals surface area contributed by atoms with E-state index in [0.717, 1.165) is 11.1 Å². The normalized spacial score (nSPS) is 22.4. The smallest absolute Gasteiger partial charge is 0.254 e. The second-order valence-corrected chi connectivity index (χ2v) is 4.96. The van der Waals surface area contributed by atoms with Crippen LogP contribution in [0.2, 0.25) is 0 Å². The molecule has 0 bridgehead atoms. The maximum absolute atomic E-state index is 12.4. The lowest BCUT2D eigenvalue weighted by Gasteiger charge is -2.32. The quantitative estimate of drug-likeness (QED) is 0.843. The number of carbonyl (C=O) groups excluding carboxylic acids is 1. The van der Waals surface area contributed by atoms with Crippen molar-refractivity contribution < 1.29 is 14.3 Å². The largest absolute Gasteiger partial charge is 0.373 e. The van der Waals surface area contributed by atoms with Gasteiger partial charge in [0, 0.05) is 25.2 Å². The van der Waals surface area contributed by atoms with Gasteiger partial charge in [-0.15, -0.1) is 0 Å². The molecule has 0 saturated carbocycles. The number of benzene rings is 1. The third kappa shape index (κ3) is 2.49. The lowest BCUT2D eigenvalue weighted by atomic mass is 10.1. The lowest BCUT2D eigenvalue weighted by Crippen LogP contribution is -2.48. The van der Waals surface area contributed by atoms with Crippen molar-refractivity contribution >= 4 is 5.91 Å². The van der Waals surface area contributed by atoms with E-state index in [2.05, 4.69) is 0 Å². The fourth-order valence-corrected chi connectivity index (χ4v) is 2.53. The van der Waals surface area contributed by atoms with Gasteiger partial charge in [-0.1, -0.05) is 6.07 Å². The molecule has 19 heavy (non-hydrogen) atoms. The topological polar surface area (TPSA) is 64.8 Å². The third-order valence-corrected chi connectivity index (χ3v) is 3.66. The first-order valence-electron chi connectivity index (χ1n) is 6.58. The minimum absolute atomic E-state index is 0.0459. The minimum atomic E-state index is -0.0459. The summed E-state index contributed by atoms with van der Waals surface area (Å²) in [5.74, 6) is 0.0523. The van der Waals surface area contributed by atoms with Crippen molar-refractivity contribution in [2.45, 2.75) is 19.3 Å². The number of hydrogen-bond acceptors (Lipinski definition) is 4. The Kier molecular flexibility index (Phi) is 3.50. The van der Waals surface area contributed by atoms with Crippen LogP contribution in [0.1, 0.15) is 21.5 Å². The van der Waals surface area contributed by atoms with E-state index in [1.807, 2.05) is 23.1 Å². The molecule has 5 nitrogen and oxygen atoms in total. The Morgan fingerprint density at radius 1 is 1.37 bits per heavy atom. The molecule has 2 aliphatic rings. The van der Waals surface area contributed by atoms with Crippen LogP contribution in [0.5, 0.6) is 0 Å². The molecule has 2 N–H and O–H groups in total. The number of fused-ring (bicyclic) bond motifs is 1. The molecule has 2 heterocycles. The van der Waals surface area contributed by atoms with Crippen LogP contribution < -0.4 is 5.73 Å². The number of rotatable bonds is 2. The number of hydrogen-bond donors (Lipinski definition) is 1. The van der Waals surface area contributed by atoms with E-state index in [9.17, 15) is 4.79 Å². The van der Waals surface area contributed by atoms with Crippen molar-refractivity contribution in [2.24, 2.45) is 5.73 Å². The van der Waals surface area contributed by atoms with Gasteiger partial charge >= 0.3 is 0 Å².